The van der Waals surface area contributed by atoms with Crippen molar-refractivity contribution in [3.63, 3.8) is 0 Å². The van der Waals surface area contributed by atoms with Gasteiger partial charge in [-0.3, -0.25) is 0 Å². The summed E-state index contributed by atoms with van der Waals surface area (Å²) in [5, 5.41) is 10.5. The fourth-order valence-electron chi connectivity index (χ4n) is 5.61. The van der Waals surface area contributed by atoms with Crippen LogP contribution in [-0.2, 0) is 9.47 Å². The maximum atomic E-state index is 9.92. The summed E-state index contributed by atoms with van der Waals surface area (Å²) in [5.41, 5.74) is 2.99. The van der Waals surface area contributed by atoms with Gasteiger partial charge in [-0.05, 0) is 30.9 Å². The molecule has 190 valence electrons. The van der Waals surface area contributed by atoms with Gasteiger partial charge in [0.05, 0.1) is 42.2 Å². The molecule has 1 saturated carbocycles. The molecule has 2 N–H and O–H groups in total. The third kappa shape index (κ3) is 5.05. The molecule has 0 amide bonds. The quantitative estimate of drug-likeness (QED) is 0.459. The lowest BCUT2D eigenvalue weighted by atomic mass is 9.93. The molecule has 36 heavy (non-hydrogen) atoms. The summed E-state index contributed by atoms with van der Waals surface area (Å²) in [4.78, 5) is 12.4. The lowest BCUT2D eigenvalue weighted by molar-refractivity contribution is 0.0151. The zero-order valence-electron chi connectivity index (χ0n) is 20.3. The zero-order valence-corrected chi connectivity index (χ0v) is 21.0. The molecule has 4 aliphatic rings. The number of nitrogens with one attached hydrogen (secondary N) is 1. The first-order valence-corrected chi connectivity index (χ1v) is 13.5. The Balaban J connectivity index is 1.10. The van der Waals surface area contributed by atoms with Gasteiger partial charge in [0.2, 0.25) is 0 Å². The Morgan fingerprint density at radius 1 is 1.08 bits per heavy atom. The molecule has 3 fully saturated rings. The molecule has 0 radical (unpaired) electrons. The largest absolute Gasteiger partial charge is 0.464 e. The number of aliphatic hydroxyl groups excluding tert-OH is 1. The Labute approximate surface area is 216 Å². The molecule has 4 heterocycles. The van der Waals surface area contributed by atoms with Crippen LogP contribution in [0.15, 0.2) is 24.3 Å². The lowest BCUT2D eigenvalue weighted by Crippen LogP contribution is -2.31. The van der Waals surface area contributed by atoms with Crippen LogP contribution in [-0.4, -0.2) is 58.2 Å². The molecular formula is C28H32ClN3O4. The zero-order chi connectivity index (χ0) is 24.5. The predicted molar refractivity (Wildman–Crippen MR) is 138 cm³/mol. The highest BCUT2D eigenvalue weighted by Crippen LogP contribution is 2.33. The third-order valence-corrected chi connectivity index (χ3v) is 7.96. The predicted octanol–water partition coefficient (Wildman–Crippen LogP) is 4.70. The summed E-state index contributed by atoms with van der Waals surface area (Å²) in [6, 6.07) is 2.23. The normalized spacial score (nSPS) is 30.5. The number of aromatic nitrogens is 3. The van der Waals surface area contributed by atoms with Gasteiger partial charge in [-0.15, -0.1) is 0 Å². The number of allylic oxidation sites excluding steroid dienone is 4. The fourth-order valence-corrected chi connectivity index (χ4v) is 5.87. The van der Waals surface area contributed by atoms with Crippen LogP contribution in [0.1, 0.15) is 50.6 Å². The van der Waals surface area contributed by atoms with Crippen LogP contribution in [0, 0.1) is 29.6 Å². The monoisotopic (exact) mass is 509 g/mol. The topological polar surface area (TPSA) is 89.5 Å². The van der Waals surface area contributed by atoms with Gasteiger partial charge in [0.15, 0.2) is 5.65 Å². The molecule has 2 aromatic heterocycles. The number of H-pyrrole nitrogens is 1. The molecule has 2 aliphatic carbocycles. The molecule has 0 bridgehead atoms. The number of halogens is 1. The van der Waals surface area contributed by atoms with Crippen molar-refractivity contribution in [2.45, 2.75) is 63.3 Å². The maximum absolute atomic E-state index is 9.92. The van der Waals surface area contributed by atoms with Gasteiger partial charge in [-0.1, -0.05) is 67.4 Å². The van der Waals surface area contributed by atoms with Gasteiger partial charge < -0.3 is 24.3 Å². The summed E-state index contributed by atoms with van der Waals surface area (Å²) < 4.78 is 17.2. The van der Waals surface area contributed by atoms with Gasteiger partial charge in [-0.25, -0.2) is 4.98 Å². The highest BCUT2D eigenvalue weighted by molar-refractivity contribution is 6.32. The number of ether oxygens (including phenoxy) is 3. The van der Waals surface area contributed by atoms with E-state index in [2.05, 4.69) is 40.0 Å². The molecule has 0 aromatic carbocycles. The van der Waals surface area contributed by atoms with E-state index < -0.39 is 6.10 Å². The van der Waals surface area contributed by atoms with E-state index in [0.717, 1.165) is 17.5 Å². The molecular weight excluding hydrogens is 478 g/mol. The Bertz CT molecular complexity index is 1220. The van der Waals surface area contributed by atoms with Crippen LogP contribution in [0.4, 0.5) is 0 Å². The second kappa shape index (κ2) is 10.5. The smallest absolute Gasteiger partial charge is 0.296 e. The van der Waals surface area contributed by atoms with E-state index in [-0.39, 0.29) is 24.0 Å². The Morgan fingerprint density at radius 3 is 2.72 bits per heavy atom. The first-order chi connectivity index (χ1) is 17.6. The molecule has 5 atom stereocenters. The van der Waals surface area contributed by atoms with Crippen LogP contribution in [0.3, 0.4) is 0 Å². The number of hydrogen-bond donors (Lipinski definition) is 2. The van der Waals surface area contributed by atoms with Crippen molar-refractivity contribution in [3.8, 4) is 17.9 Å². The second-order valence-electron chi connectivity index (χ2n) is 10.3. The Morgan fingerprint density at radius 2 is 1.92 bits per heavy atom. The van der Waals surface area contributed by atoms with Crippen LogP contribution in [0.25, 0.3) is 16.7 Å². The first-order valence-electron chi connectivity index (χ1n) is 13.1. The van der Waals surface area contributed by atoms with Crippen molar-refractivity contribution in [1.29, 1.82) is 0 Å². The van der Waals surface area contributed by atoms with Crippen LogP contribution in [0.5, 0.6) is 6.01 Å². The van der Waals surface area contributed by atoms with E-state index in [0.29, 0.717) is 48.1 Å². The highest BCUT2D eigenvalue weighted by Gasteiger charge is 2.47. The number of rotatable bonds is 4. The number of fused-ring (bicyclic) bond motifs is 2. The molecule has 8 heteroatoms. The molecule has 1 unspecified atom stereocenters. The van der Waals surface area contributed by atoms with Crippen molar-refractivity contribution in [2.24, 2.45) is 17.8 Å². The number of pyridine rings is 1. The van der Waals surface area contributed by atoms with E-state index >= 15 is 0 Å². The van der Waals surface area contributed by atoms with Gasteiger partial charge in [0.25, 0.3) is 6.01 Å². The molecule has 0 spiro atoms. The first kappa shape index (κ1) is 24.0. The van der Waals surface area contributed by atoms with E-state index in [1.165, 1.54) is 38.5 Å². The lowest BCUT2D eigenvalue weighted by Gasteiger charge is -2.15. The standard InChI is InChI=1S/C28H32ClN3O4/c29-21-13-22-27(32-28(30-22)36-15-20-14-34-26-23(33)16-35-25(20)26)31-24(21)19-11-9-18(10-12-19)8-7-17-5-3-1-2-4-6-17/h9,11-13,17-18,20,23,25-26,33H,1-6,10,14-16H2,(H,30,31,32)/t18?,20-,23+,25+,26+/m0/s1. The highest BCUT2D eigenvalue weighted by atomic mass is 35.5. The summed E-state index contributed by atoms with van der Waals surface area (Å²) in [7, 11) is 0. The maximum Gasteiger partial charge on any atom is 0.296 e. The van der Waals surface area contributed by atoms with Crippen molar-refractivity contribution >= 4 is 28.3 Å². The third-order valence-electron chi connectivity index (χ3n) is 7.67. The minimum absolute atomic E-state index is 0.0450. The number of nitrogens with zero attached hydrogens (tertiary/aromatic N) is 2. The molecule has 7 nitrogen and oxygen atoms in total. The SMILES string of the molecule is O[C@@H]1CO[C@@H]2[C@H](COc3nc4nc(C5=CCC(C#CC6CCCCCC6)C=C5)c(Cl)cc4[nH]3)CO[C@@H]21. The van der Waals surface area contributed by atoms with Crippen molar-refractivity contribution in [3.05, 3.63) is 35.0 Å². The van der Waals surface area contributed by atoms with Crippen LogP contribution < -0.4 is 4.74 Å². The van der Waals surface area contributed by atoms with E-state index in [1.54, 1.807) is 0 Å². The van der Waals surface area contributed by atoms with Crippen molar-refractivity contribution in [1.82, 2.24) is 15.0 Å². The Hall–Kier alpha value is -2.37. The molecule has 2 aromatic rings. The van der Waals surface area contributed by atoms with Crippen LogP contribution in [0.2, 0.25) is 5.02 Å². The summed E-state index contributed by atoms with van der Waals surface area (Å²) in [6.07, 6.45) is 14.1. The molecule has 6 rings (SSSR count). The second-order valence-corrected chi connectivity index (χ2v) is 10.7. The number of aromatic amines is 1. The van der Waals surface area contributed by atoms with E-state index in [9.17, 15) is 5.11 Å². The fraction of sp³-hybridized carbons (Fsp3) is 0.571. The van der Waals surface area contributed by atoms with Crippen molar-refractivity contribution in [2.75, 3.05) is 19.8 Å². The minimum atomic E-state index is -0.567. The average Bonchev–Trinajstić information content (AvgIpc) is 3.52. The number of hydrogen-bond acceptors (Lipinski definition) is 6. The summed E-state index contributed by atoms with van der Waals surface area (Å²) in [6.45, 7) is 1.18. The van der Waals surface area contributed by atoms with Gasteiger partial charge >= 0.3 is 0 Å². The number of aliphatic hydroxyl groups is 1. The van der Waals surface area contributed by atoms with Crippen molar-refractivity contribution < 1.29 is 19.3 Å². The average molecular weight is 510 g/mol. The van der Waals surface area contributed by atoms with E-state index in [1.807, 2.05) is 6.07 Å². The van der Waals surface area contributed by atoms with Gasteiger partial charge in [0.1, 0.15) is 12.2 Å². The minimum Gasteiger partial charge on any atom is -0.464 e. The number of imidazole rings is 1. The Kier molecular flexibility index (Phi) is 7.03. The van der Waals surface area contributed by atoms with Gasteiger partial charge in [0, 0.05) is 17.8 Å². The molecule has 2 aliphatic heterocycles. The van der Waals surface area contributed by atoms with Gasteiger partial charge in [-0.2, -0.15) is 4.98 Å². The molecule has 2 saturated heterocycles. The van der Waals surface area contributed by atoms with Crippen LogP contribution >= 0.6 is 11.6 Å². The summed E-state index contributed by atoms with van der Waals surface area (Å²) in [5.74, 6) is 7.88. The van der Waals surface area contributed by atoms with E-state index in [4.69, 9.17) is 30.8 Å². The summed E-state index contributed by atoms with van der Waals surface area (Å²) >= 11 is 6.61.